The predicted octanol–water partition coefficient (Wildman–Crippen LogP) is 4.59. The van der Waals surface area contributed by atoms with Crippen LogP contribution in [0.5, 0.6) is 0 Å². The van der Waals surface area contributed by atoms with E-state index >= 15 is 0 Å². The van der Waals surface area contributed by atoms with E-state index in [-0.39, 0.29) is 22.0 Å². The second-order valence-corrected chi connectivity index (χ2v) is 10.4. The minimum Gasteiger partial charge on any atom is -0.310 e. The van der Waals surface area contributed by atoms with E-state index in [1.807, 2.05) is 6.92 Å². The number of aryl methyl sites for hydroxylation is 1. The highest BCUT2D eigenvalue weighted by Gasteiger charge is 2.21. The smallest absolute Gasteiger partial charge is 0.262 e. The number of nitrogens with one attached hydrogen (secondary N) is 2. The van der Waals surface area contributed by atoms with Crippen molar-refractivity contribution < 1.29 is 8.42 Å². The molecule has 0 saturated carbocycles. The summed E-state index contributed by atoms with van der Waals surface area (Å²) < 4.78 is 26.9. The third kappa shape index (κ3) is 5.01. The summed E-state index contributed by atoms with van der Waals surface area (Å²) in [6.07, 6.45) is 1.82. The van der Waals surface area contributed by atoms with Gasteiger partial charge in [-0.25, -0.2) is 18.1 Å². The molecule has 0 saturated heterocycles. The van der Waals surface area contributed by atoms with Gasteiger partial charge in [0, 0.05) is 17.1 Å². The zero-order valence-corrected chi connectivity index (χ0v) is 20.6. The first kappa shape index (κ1) is 23.6. The average Bonchev–Trinajstić information content (AvgIpc) is 3.05. The van der Waals surface area contributed by atoms with E-state index in [1.54, 1.807) is 24.3 Å². The quantitative estimate of drug-likeness (QED) is 0.382. The maximum absolute atomic E-state index is 13.0. The van der Waals surface area contributed by atoms with Gasteiger partial charge in [-0.1, -0.05) is 53.9 Å². The Morgan fingerprint density at radius 3 is 2.45 bits per heavy atom. The number of aromatic amines is 1. The van der Waals surface area contributed by atoms with Crippen molar-refractivity contribution in [2.45, 2.75) is 19.8 Å². The van der Waals surface area contributed by atoms with Crippen LogP contribution in [0.25, 0.3) is 16.7 Å². The highest BCUT2D eigenvalue weighted by atomic mass is 35.5. The molecule has 0 aliphatic rings. The summed E-state index contributed by atoms with van der Waals surface area (Å²) in [6.45, 7) is 1.88. The summed E-state index contributed by atoms with van der Waals surface area (Å²) in [6, 6.07) is 9.91. The minimum atomic E-state index is -3.42. The molecule has 8 nitrogen and oxygen atoms in total. The van der Waals surface area contributed by atoms with Crippen LogP contribution in [-0.2, 0) is 22.9 Å². The molecular formula is C21H18Cl3N5O3S. The molecule has 0 atom stereocenters. The van der Waals surface area contributed by atoms with Crippen LogP contribution >= 0.6 is 34.8 Å². The molecule has 2 aromatic heterocycles. The van der Waals surface area contributed by atoms with Crippen molar-refractivity contribution >= 4 is 61.5 Å². The first-order valence-electron chi connectivity index (χ1n) is 9.78. The third-order valence-electron chi connectivity index (χ3n) is 4.79. The summed E-state index contributed by atoms with van der Waals surface area (Å²) in [5.41, 5.74) is 2.04. The lowest BCUT2D eigenvalue weighted by Gasteiger charge is -2.10. The molecule has 0 fully saturated rings. The highest BCUT2D eigenvalue weighted by Crippen LogP contribution is 2.33. The Morgan fingerprint density at radius 2 is 1.82 bits per heavy atom. The largest absolute Gasteiger partial charge is 0.310 e. The lowest BCUT2D eigenvalue weighted by molar-refractivity contribution is 0.607. The predicted molar refractivity (Wildman–Crippen MR) is 132 cm³/mol. The second kappa shape index (κ2) is 8.98. The molecule has 0 aliphatic carbocycles. The van der Waals surface area contributed by atoms with E-state index in [0.717, 1.165) is 11.8 Å². The number of hydrogen-bond donors (Lipinski definition) is 2. The van der Waals surface area contributed by atoms with Crippen LogP contribution in [-0.4, -0.2) is 34.4 Å². The Bertz CT molecular complexity index is 1520. The Morgan fingerprint density at radius 1 is 1.12 bits per heavy atom. The SMILES string of the molecule is CCc1nn(-c2c(Cl)cc(Cl)cc2Cl)c2nc(Cc3cccc(NS(C)(=O)=O)c3)[nH]c(=O)c12. The number of H-pyrrole nitrogens is 1. The number of anilines is 1. The Labute approximate surface area is 204 Å². The molecule has 0 unspecified atom stereocenters. The van der Waals surface area contributed by atoms with Crippen molar-refractivity contribution in [1.29, 1.82) is 0 Å². The van der Waals surface area contributed by atoms with Crippen molar-refractivity contribution in [2.75, 3.05) is 11.0 Å². The van der Waals surface area contributed by atoms with Crippen LogP contribution in [0.3, 0.4) is 0 Å². The number of aromatic nitrogens is 4. The van der Waals surface area contributed by atoms with Gasteiger partial charge < -0.3 is 4.98 Å². The molecule has 4 aromatic rings. The fraction of sp³-hybridized carbons (Fsp3) is 0.190. The van der Waals surface area contributed by atoms with E-state index in [0.29, 0.717) is 45.4 Å². The Balaban J connectivity index is 1.84. The number of rotatable bonds is 6. The van der Waals surface area contributed by atoms with Gasteiger partial charge in [0.2, 0.25) is 10.0 Å². The van der Waals surface area contributed by atoms with Gasteiger partial charge in [-0.3, -0.25) is 9.52 Å². The highest BCUT2D eigenvalue weighted by molar-refractivity contribution is 7.92. The monoisotopic (exact) mass is 525 g/mol. The van der Waals surface area contributed by atoms with Crippen molar-refractivity contribution in [2.24, 2.45) is 0 Å². The van der Waals surface area contributed by atoms with E-state index in [4.69, 9.17) is 34.8 Å². The topological polar surface area (TPSA) is 110 Å². The number of sulfonamides is 1. The number of nitrogens with zero attached hydrogens (tertiary/aromatic N) is 3. The molecular weight excluding hydrogens is 509 g/mol. The first-order valence-corrected chi connectivity index (χ1v) is 12.8. The minimum absolute atomic E-state index is 0.249. The summed E-state index contributed by atoms with van der Waals surface area (Å²) >= 11 is 18.8. The van der Waals surface area contributed by atoms with E-state index in [9.17, 15) is 13.2 Å². The summed E-state index contributed by atoms with van der Waals surface area (Å²) in [4.78, 5) is 20.4. The molecule has 33 heavy (non-hydrogen) atoms. The lowest BCUT2D eigenvalue weighted by atomic mass is 10.1. The third-order valence-corrected chi connectivity index (χ3v) is 6.19. The molecule has 0 bridgehead atoms. The van der Waals surface area contributed by atoms with Gasteiger partial charge in [0.15, 0.2) is 5.65 Å². The van der Waals surface area contributed by atoms with Gasteiger partial charge in [0.25, 0.3) is 5.56 Å². The molecule has 0 aliphatic heterocycles. The molecule has 4 rings (SSSR count). The standard InChI is InChI=1S/C21H18Cl3N5O3S/c1-3-16-18-20(29(27-16)19-14(23)9-12(22)10-15(19)24)25-17(26-21(18)30)8-11-5-4-6-13(7-11)28-33(2,31)32/h4-7,9-10,28H,3,8H2,1-2H3,(H,25,26,30). The number of benzene rings is 2. The van der Waals surface area contributed by atoms with Crippen LogP contribution in [0.1, 0.15) is 24.0 Å². The Hall–Kier alpha value is -2.59. The number of fused-ring (bicyclic) bond motifs is 1. The summed E-state index contributed by atoms with van der Waals surface area (Å²) in [7, 11) is -3.42. The normalized spacial score (nSPS) is 11.8. The van der Waals surface area contributed by atoms with Crippen molar-refractivity contribution in [3.8, 4) is 5.69 Å². The van der Waals surface area contributed by atoms with Crippen LogP contribution in [0, 0.1) is 0 Å². The van der Waals surface area contributed by atoms with Gasteiger partial charge in [-0.2, -0.15) is 5.10 Å². The molecule has 12 heteroatoms. The summed E-state index contributed by atoms with van der Waals surface area (Å²) in [5, 5.41) is 5.78. The van der Waals surface area contributed by atoms with Gasteiger partial charge in [0.05, 0.1) is 22.0 Å². The van der Waals surface area contributed by atoms with Gasteiger partial charge in [-0.15, -0.1) is 0 Å². The molecule has 0 spiro atoms. The zero-order chi connectivity index (χ0) is 23.9. The average molecular weight is 527 g/mol. The molecule has 2 N–H and O–H groups in total. The zero-order valence-electron chi connectivity index (χ0n) is 17.5. The fourth-order valence-electron chi connectivity index (χ4n) is 3.51. The second-order valence-electron chi connectivity index (χ2n) is 7.39. The van der Waals surface area contributed by atoms with Gasteiger partial charge >= 0.3 is 0 Å². The molecule has 0 radical (unpaired) electrons. The fourth-order valence-corrected chi connectivity index (χ4v) is 5.05. The van der Waals surface area contributed by atoms with E-state index in [1.165, 1.54) is 16.8 Å². The molecule has 2 heterocycles. The maximum Gasteiger partial charge on any atom is 0.262 e. The van der Waals surface area contributed by atoms with Gasteiger partial charge in [0.1, 0.15) is 16.9 Å². The van der Waals surface area contributed by atoms with Crippen LogP contribution in [0.4, 0.5) is 5.69 Å². The van der Waals surface area contributed by atoms with Gasteiger partial charge in [-0.05, 0) is 36.2 Å². The van der Waals surface area contributed by atoms with Crippen molar-refractivity contribution in [1.82, 2.24) is 19.7 Å². The van der Waals surface area contributed by atoms with E-state index < -0.39 is 10.0 Å². The lowest BCUT2D eigenvalue weighted by Crippen LogP contribution is -2.14. The molecule has 172 valence electrons. The first-order chi connectivity index (χ1) is 15.6. The van der Waals surface area contributed by atoms with Crippen LogP contribution in [0.2, 0.25) is 15.1 Å². The number of hydrogen-bond acceptors (Lipinski definition) is 5. The van der Waals surface area contributed by atoms with Crippen molar-refractivity contribution in [3.05, 3.63) is 78.9 Å². The van der Waals surface area contributed by atoms with Crippen molar-refractivity contribution in [3.63, 3.8) is 0 Å². The van der Waals surface area contributed by atoms with Crippen LogP contribution in [0.15, 0.2) is 41.2 Å². The van der Waals surface area contributed by atoms with Crippen LogP contribution < -0.4 is 10.3 Å². The Kier molecular flexibility index (Phi) is 6.41. The molecule has 2 aromatic carbocycles. The summed E-state index contributed by atoms with van der Waals surface area (Å²) in [5.74, 6) is 0.369. The van der Waals surface area contributed by atoms with E-state index in [2.05, 4.69) is 19.8 Å². The number of halogens is 3. The maximum atomic E-state index is 13.0. The molecule has 0 amide bonds.